The van der Waals surface area contributed by atoms with E-state index in [1.165, 1.54) is 57.8 Å². The SMILES string of the molecule is CCCCCCCCCCCCOCCOCCOCCOCC(CC)OS(=O)(=O)O. The van der Waals surface area contributed by atoms with E-state index in [0.717, 1.165) is 13.0 Å². The third-order valence-electron chi connectivity index (χ3n) is 4.78. The van der Waals surface area contributed by atoms with E-state index in [1.807, 2.05) is 0 Å². The van der Waals surface area contributed by atoms with Gasteiger partial charge in [-0.25, -0.2) is 4.18 Å². The van der Waals surface area contributed by atoms with Gasteiger partial charge in [-0.05, 0) is 12.8 Å². The normalized spacial score (nSPS) is 13.0. The van der Waals surface area contributed by atoms with Crippen molar-refractivity contribution in [3.8, 4) is 0 Å². The Kier molecular flexibility index (Phi) is 22.7. The smallest absolute Gasteiger partial charge is 0.379 e. The van der Waals surface area contributed by atoms with Gasteiger partial charge in [-0.3, -0.25) is 4.55 Å². The maximum absolute atomic E-state index is 10.6. The van der Waals surface area contributed by atoms with E-state index in [9.17, 15) is 8.42 Å². The second kappa shape index (κ2) is 22.9. The fraction of sp³-hybridized carbons (Fsp3) is 1.00. The quantitative estimate of drug-likeness (QED) is 0.153. The van der Waals surface area contributed by atoms with Crippen molar-refractivity contribution < 1.29 is 36.1 Å². The van der Waals surface area contributed by atoms with E-state index in [1.54, 1.807) is 6.92 Å². The van der Waals surface area contributed by atoms with Crippen LogP contribution in [0.15, 0.2) is 0 Å². The topological polar surface area (TPSA) is 101 Å². The molecule has 0 heterocycles. The first kappa shape index (κ1) is 30.7. The molecule has 0 aromatic heterocycles. The van der Waals surface area contributed by atoms with Gasteiger partial charge in [0.2, 0.25) is 0 Å². The molecule has 31 heavy (non-hydrogen) atoms. The van der Waals surface area contributed by atoms with Gasteiger partial charge in [0.25, 0.3) is 0 Å². The largest absolute Gasteiger partial charge is 0.397 e. The molecule has 0 aromatic rings. The zero-order chi connectivity index (χ0) is 23.0. The van der Waals surface area contributed by atoms with Crippen LogP contribution in [0.4, 0.5) is 0 Å². The molecule has 8 nitrogen and oxygen atoms in total. The molecule has 188 valence electrons. The van der Waals surface area contributed by atoms with Crippen LogP contribution in [0, 0.1) is 0 Å². The molecule has 1 unspecified atom stereocenters. The van der Waals surface area contributed by atoms with Gasteiger partial charge in [-0.15, -0.1) is 0 Å². The Labute approximate surface area is 190 Å². The Morgan fingerprint density at radius 2 is 1.03 bits per heavy atom. The second-order valence-electron chi connectivity index (χ2n) is 7.65. The molecule has 0 aliphatic rings. The van der Waals surface area contributed by atoms with Crippen LogP contribution in [-0.4, -0.2) is 71.9 Å². The van der Waals surface area contributed by atoms with Crippen molar-refractivity contribution >= 4 is 10.4 Å². The average Bonchev–Trinajstić information content (AvgIpc) is 2.73. The summed E-state index contributed by atoms with van der Waals surface area (Å²) >= 11 is 0. The highest BCUT2D eigenvalue weighted by molar-refractivity contribution is 7.80. The van der Waals surface area contributed by atoms with Gasteiger partial charge in [0.1, 0.15) is 6.10 Å². The van der Waals surface area contributed by atoms with Crippen LogP contribution >= 0.6 is 0 Å². The molecule has 0 radical (unpaired) electrons. The minimum absolute atomic E-state index is 0.0759. The number of hydrogen-bond acceptors (Lipinski definition) is 7. The molecule has 0 saturated heterocycles. The molecule has 0 bridgehead atoms. The van der Waals surface area contributed by atoms with E-state index >= 15 is 0 Å². The van der Waals surface area contributed by atoms with Crippen LogP contribution in [-0.2, 0) is 33.5 Å². The Bertz CT molecular complexity index is 458. The van der Waals surface area contributed by atoms with E-state index < -0.39 is 16.5 Å². The third kappa shape index (κ3) is 25.8. The zero-order valence-electron chi connectivity index (χ0n) is 19.7. The molecule has 0 amide bonds. The number of unbranched alkanes of at least 4 members (excludes halogenated alkanes) is 9. The molecule has 9 heteroatoms. The Hall–Kier alpha value is -0.290. The van der Waals surface area contributed by atoms with Crippen molar-refractivity contribution in [2.45, 2.75) is 90.6 Å². The van der Waals surface area contributed by atoms with E-state index in [2.05, 4.69) is 11.1 Å². The predicted molar refractivity (Wildman–Crippen MR) is 122 cm³/mol. The lowest BCUT2D eigenvalue weighted by Gasteiger charge is -2.13. The first-order valence-corrected chi connectivity index (χ1v) is 13.3. The van der Waals surface area contributed by atoms with E-state index in [4.69, 9.17) is 23.5 Å². The van der Waals surface area contributed by atoms with Crippen molar-refractivity contribution in [1.82, 2.24) is 0 Å². The minimum atomic E-state index is -4.45. The van der Waals surface area contributed by atoms with Crippen LogP contribution in [0.3, 0.4) is 0 Å². The number of ether oxygens (including phenoxy) is 4. The van der Waals surface area contributed by atoms with Crippen molar-refractivity contribution in [3.05, 3.63) is 0 Å². The minimum Gasteiger partial charge on any atom is -0.379 e. The summed E-state index contributed by atoms with van der Waals surface area (Å²) in [6.45, 7) is 7.67. The highest BCUT2D eigenvalue weighted by Gasteiger charge is 2.15. The lowest BCUT2D eigenvalue weighted by Crippen LogP contribution is -2.23. The maximum atomic E-state index is 10.6. The summed E-state index contributed by atoms with van der Waals surface area (Å²) < 4.78 is 56.1. The Morgan fingerprint density at radius 3 is 1.48 bits per heavy atom. The van der Waals surface area contributed by atoms with Gasteiger partial charge in [0, 0.05) is 6.61 Å². The predicted octanol–water partition coefficient (Wildman–Crippen LogP) is 4.57. The van der Waals surface area contributed by atoms with Gasteiger partial charge < -0.3 is 18.9 Å². The molecule has 0 spiro atoms. The van der Waals surface area contributed by atoms with Gasteiger partial charge in [-0.2, -0.15) is 8.42 Å². The van der Waals surface area contributed by atoms with Gasteiger partial charge in [0.15, 0.2) is 0 Å². The summed E-state index contributed by atoms with van der Waals surface area (Å²) in [5.74, 6) is 0. The molecule has 0 rings (SSSR count). The maximum Gasteiger partial charge on any atom is 0.397 e. The number of hydrogen-bond donors (Lipinski definition) is 1. The summed E-state index contributed by atoms with van der Waals surface area (Å²) in [7, 11) is -4.45. The first-order valence-electron chi connectivity index (χ1n) is 12.0. The molecule has 0 saturated carbocycles. The summed E-state index contributed by atoms with van der Waals surface area (Å²) in [4.78, 5) is 0. The molecule has 0 fully saturated rings. The highest BCUT2D eigenvalue weighted by Crippen LogP contribution is 2.10. The van der Waals surface area contributed by atoms with Crippen LogP contribution in [0.1, 0.15) is 84.5 Å². The first-order chi connectivity index (χ1) is 15.0. The Balaban J connectivity index is 3.18. The van der Waals surface area contributed by atoms with Crippen LogP contribution in [0.2, 0.25) is 0 Å². The second-order valence-corrected chi connectivity index (χ2v) is 8.70. The highest BCUT2D eigenvalue weighted by atomic mass is 32.3. The molecule has 0 aromatic carbocycles. The monoisotopic (exact) mass is 470 g/mol. The fourth-order valence-electron chi connectivity index (χ4n) is 2.95. The molecule has 1 atom stereocenters. The van der Waals surface area contributed by atoms with Crippen molar-refractivity contribution in [3.63, 3.8) is 0 Å². The lowest BCUT2D eigenvalue weighted by atomic mass is 10.1. The van der Waals surface area contributed by atoms with Crippen LogP contribution < -0.4 is 0 Å². The zero-order valence-corrected chi connectivity index (χ0v) is 20.5. The average molecular weight is 471 g/mol. The standard InChI is InChI=1S/C22H46O8S/c1-3-5-6-7-8-9-10-11-12-13-14-26-15-16-27-17-18-28-19-20-29-21-22(4-2)30-31(23,24)25/h22H,3-21H2,1-2H3,(H,23,24,25). The van der Waals surface area contributed by atoms with E-state index in [0.29, 0.717) is 46.1 Å². The molecular weight excluding hydrogens is 424 g/mol. The van der Waals surface area contributed by atoms with Gasteiger partial charge in [-0.1, -0.05) is 71.6 Å². The van der Waals surface area contributed by atoms with Crippen molar-refractivity contribution in [1.29, 1.82) is 0 Å². The van der Waals surface area contributed by atoms with Crippen LogP contribution in [0.25, 0.3) is 0 Å². The summed E-state index contributed by atoms with van der Waals surface area (Å²) in [6.07, 6.45) is 13.0. The molecule has 0 aliphatic heterocycles. The third-order valence-corrected chi connectivity index (χ3v) is 5.29. The summed E-state index contributed by atoms with van der Waals surface area (Å²) in [5.41, 5.74) is 0. The van der Waals surface area contributed by atoms with Crippen molar-refractivity contribution in [2.24, 2.45) is 0 Å². The summed E-state index contributed by atoms with van der Waals surface area (Å²) in [6, 6.07) is 0. The van der Waals surface area contributed by atoms with Gasteiger partial charge >= 0.3 is 10.4 Å². The van der Waals surface area contributed by atoms with Gasteiger partial charge in [0.05, 0.1) is 46.2 Å². The Morgan fingerprint density at radius 1 is 0.613 bits per heavy atom. The van der Waals surface area contributed by atoms with Crippen LogP contribution in [0.5, 0.6) is 0 Å². The molecule has 1 N–H and O–H groups in total. The van der Waals surface area contributed by atoms with E-state index in [-0.39, 0.29) is 6.61 Å². The molecular formula is C22H46O8S. The molecule has 0 aliphatic carbocycles. The van der Waals surface area contributed by atoms with Crippen molar-refractivity contribution in [2.75, 3.05) is 52.9 Å². The summed E-state index contributed by atoms with van der Waals surface area (Å²) in [5, 5.41) is 0. The fourth-order valence-corrected chi connectivity index (χ4v) is 3.49. The lowest BCUT2D eigenvalue weighted by molar-refractivity contribution is -0.0141. The number of rotatable bonds is 25.